The summed E-state index contributed by atoms with van der Waals surface area (Å²) in [6.07, 6.45) is 0. The van der Waals surface area contributed by atoms with E-state index in [1.165, 1.54) is 0 Å². The van der Waals surface area contributed by atoms with Gasteiger partial charge < -0.3 is 15.0 Å². The molecule has 5 nitrogen and oxygen atoms in total. The number of hydrogen-bond donors (Lipinski definition) is 2. The van der Waals surface area contributed by atoms with Crippen molar-refractivity contribution < 1.29 is 9.53 Å². The van der Waals surface area contributed by atoms with E-state index >= 15 is 0 Å². The molecule has 0 aliphatic heterocycles. The van der Waals surface area contributed by atoms with Gasteiger partial charge in [0.1, 0.15) is 5.75 Å². The second kappa shape index (κ2) is 7.04. The third-order valence-corrected chi connectivity index (χ3v) is 4.05. The predicted octanol–water partition coefficient (Wildman–Crippen LogP) is 3.84. The zero-order valence-corrected chi connectivity index (χ0v) is 15.1. The van der Waals surface area contributed by atoms with Crippen molar-refractivity contribution >= 4 is 22.5 Å². The SMILES string of the molecule is CC(C)(C)c1cc(=O)[nH]c2cc(NC(=O)COc3ccccc3)ccc12. The molecule has 0 saturated carbocycles. The zero-order chi connectivity index (χ0) is 18.7. The molecule has 2 aromatic carbocycles. The number of fused-ring (bicyclic) bond motifs is 1. The van der Waals surface area contributed by atoms with Crippen LogP contribution in [0.5, 0.6) is 5.75 Å². The van der Waals surface area contributed by atoms with Crippen molar-refractivity contribution in [1.82, 2.24) is 4.98 Å². The first kappa shape index (κ1) is 17.7. The van der Waals surface area contributed by atoms with Gasteiger partial charge in [0.05, 0.1) is 5.52 Å². The van der Waals surface area contributed by atoms with Crippen molar-refractivity contribution in [3.05, 3.63) is 70.5 Å². The van der Waals surface area contributed by atoms with E-state index in [4.69, 9.17) is 4.74 Å². The molecule has 2 N–H and O–H groups in total. The Kier molecular flexibility index (Phi) is 4.80. The molecule has 26 heavy (non-hydrogen) atoms. The summed E-state index contributed by atoms with van der Waals surface area (Å²) >= 11 is 0. The van der Waals surface area contributed by atoms with Gasteiger partial charge in [-0.2, -0.15) is 0 Å². The summed E-state index contributed by atoms with van der Waals surface area (Å²) in [6, 6.07) is 16.3. The van der Waals surface area contributed by atoms with Crippen LogP contribution >= 0.6 is 0 Å². The van der Waals surface area contributed by atoms with Gasteiger partial charge in [-0.1, -0.05) is 45.0 Å². The van der Waals surface area contributed by atoms with Crippen LogP contribution in [0.1, 0.15) is 26.3 Å². The van der Waals surface area contributed by atoms with Crippen molar-refractivity contribution in [2.75, 3.05) is 11.9 Å². The summed E-state index contributed by atoms with van der Waals surface area (Å²) in [6.45, 7) is 6.12. The first-order valence-electron chi connectivity index (χ1n) is 8.48. The predicted molar refractivity (Wildman–Crippen MR) is 104 cm³/mol. The molecule has 3 rings (SSSR count). The molecule has 0 radical (unpaired) electrons. The molecule has 3 aromatic rings. The standard InChI is InChI=1S/C21H22N2O3/c1-21(2,3)17-12-19(24)23-18-11-14(9-10-16(17)18)22-20(25)13-26-15-7-5-4-6-8-15/h4-12H,13H2,1-3H3,(H,22,25)(H,23,24). The third-order valence-electron chi connectivity index (χ3n) is 4.05. The van der Waals surface area contributed by atoms with Crippen LogP contribution in [0, 0.1) is 0 Å². The number of aromatic nitrogens is 1. The normalized spacial score (nSPS) is 11.3. The Balaban J connectivity index is 1.79. The number of amides is 1. The van der Waals surface area contributed by atoms with E-state index in [-0.39, 0.29) is 23.5 Å². The molecule has 0 bridgehead atoms. The van der Waals surface area contributed by atoms with Gasteiger partial charge >= 0.3 is 0 Å². The minimum absolute atomic E-state index is 0.0827. The van der Waals surface area contributed by atoms with Gasteiger partial charge in [-0.05, 0) is 35.2 Å². The number of ether oxygens (including phenoxy) is 1. The van der Waals surface area contributed by atoms with Crippen LogP contribution in [0.4, 0.5) is 5.69 Å². The van der Waals surface area contributed by atoms with E-state index in [2.05, 4.69) is 31.1 Å². The number of carbonyl (C=O) groups excluding carboxylic acids is 1. The topological polar surface area (TPSA) is 71.2 Å². The smallest absolute Gasteiger partial charge is 0.262 e. The van der Waals surface area contributed by atoms with E-state index in [0.717, 1.165) is 10.9 Å². The second-order valence-electron chi connectivity index (χ2n) is 7.21. The van der Waals surface area contributed by atoms with Crippen LogP contribution in [-0.2, 0) is 10.2 Å². The second-order valence-corrected chi connectivity index (χ2v) is 7.21. The molecule has 0 atom stereocenters. The van der Waals surface area contributed by atoms with E-state index in [0.29, 0.717) is 17.0 Å². The minimum Gasteiger partial charge on any atom is -0.484 e. The number of pyridine rings is 1. The van der Waals surface area contributed by atoms with Gasteiger partial charge in [-0.15, -0.1) is 0 Å². The highest BCUT2D eigenvalue weighted by Crippen LogP contribution is 2.29. The van der Waals surface area contributed by atoms with Gasteiger partial charge in [0.25, 0.3) is 5.91 Å². The van der Waals surface area contributed by atoms with E-state index < -0.39 is 0 Å². The first-order valence-corrected chi connectivity index (χ1v) is 8.48. The van der Waals surface area contributed by atoms with E-state index in [1.54, 1.807) is 24.3 Å². The fraction of sp³-hybridized carbons (Fsp3) is 0.238. The Hall–Kier alpha value is -3.08. The zero-order valence-electron chi connectivity index (χ0n) is 15.1. The van der Waals surface area contributed by atoms with Gasteiger partial charge in [-0.25, -0.2) is 0 Å². The van der Waals surface area contributed by atoms with Crippen molar-refractivity contribution in [3.8, 4) is 5.75 Å². The summed E-state index contributed by atoms with van der Waals surface area (Å²) in [5.74, 6) is 0.378. The number of anilines is 1. The molecule has 5 heteroatoms. The molecule has 0 aliphatic rings. The molecular weight excluding hydrogens is 328 g/mol. The number of rotatable bonds is 4. The summed E-state index contributed by atoms with van der Waals surface area (Å²) < 4.78 is 5.44. The Morgan fingerprint density at radius 1 is 1.08 bits per heavy atom. The average molecular weight is 350 g/mol. The fourth-order valence-electron chi connectivity index (χ4n) is 2.82. The summed E-state index contributed by atoms with van der Waals surface area (Å²) in [4.78, 5) is 26.9. The van der Waals surface area contributed by atoms with Crippen LogP contribution in [0.2, 0.25) is 0 Å². The summed E-state index contributed by atoms with van der Waals surface area (Å²) in [5.41, 5.74) is 1.98. The number of aromatic amines is 1. The molecule has 0 fully saturated rings. The first-order chi connectivity index (χ1) is 12.3. The highest BCUT2D eigenvalue weighted by atomic mass is 16.5. The molecule has 0 spiro atoms. The molecule has 1 aromatic heterocycles. The number of carbonyl (C=O) groups is 1. The number of hydrogen-bond acceptors (Lipinski definition) is 3. The summed E-state index contributed by atoms with van der Waals surface area (Å²) in [7, 11) is 0. The Morgan fingerprint density at radius 2 is 1.81 bits per heavy atom. The quantitative estimate of drug-likeness (QED) is 0.751. The lowest BCUT2D eigenvalue weighted by atomic mass is 9.85. The molecule has 1 amide bonds. The van der Waals surface area contributed by atoms with Gasteiger partial charge in [0, 0.05) is 17.1 Å². The molecule has 134 valence electrons. The van der Waals surface area contributed by atoms with Crippen LogP contribution in [-0.4, -0.2) is 17.5 Å². The maximum absolute atomic E-state index is 12.1. The molecule has 1 heterocycles. The average Bonchev–Trinajstić information content (AvgIpc) is 2.59. The van der Waals surface area contributed by atoms with Crippen molar-refractivity contribution in [2.45, 2.75) is 26.2 Å². The monoisotopic (exact) mass is 350 g/mol. The van der Waals surface area contributed by atoms with Gasteiger partial charge in [0.15, 0.2) is 6.61 Å². The van der Waals surface area contributed by atoms with Gasteiger partial charge in [0.2, 0.25) is 5.56 Å². The van der Waals surface area contributed by atoms with Crippen molar-refractivity contribution in [2.24, 2.45) is 0 Å². The van der Waals surface area contributed by atoms with E-state index in [9.17, 15) is 9.59 Å². The Labute approximate surface area is 152 Å². The van der Waals surface area contributed by atoms with Crippen molar-refractivity contribution in [3.63, 3.8) is 0 Å². The van der Waals surface area contributed by atoms with Crippen LogP contribution in [0.15, 0.2) is 59.4 Å². The maximum atomic E-state index is 12.1. The molecule has 0 unspecified atom stereocenters. The highest BCUT2D eigenvalue weighted by Gasteiger charge is 2.18. The van der Waals surface area contributed by atoms with Crippen LogP contribution in [0.3, 0.4) is 0 Å². The van der Waals surface area contributed by atoms with Gasteiger partial charge in [-0.3, -0.25) is 9.59 Å². The number of para-hydroxylation sites is 1. The fourth-order valence-corrected chi connectivity index (χ4v) is 2.82. The number of benzene rings is 2. The highest BCUT2D eigenvalue weighted by molar-refractivity contribution is 5.95. The number of nitrogens with one attached hydrogen (secondary N) is 2. The molecule has 0 aliphatic carbocycles. The van der Waals surface area contributed by atoms with Crippen LogP contribution < -0.4 is 15.6 Å². The third kappa shape index (κ3) is 4.11. The largest absolute Gasteiger partial charge is 0.484 e. The van der Waals surface area contributed by atoms with Crippen LogP contribution in [0.25, 0.3) is 10.9 Å². The Morgan fingerprint density at radius 3 is 2.50 bits per heavy atom. The summed E-state index contributed by atoms with van der Waals surface area (Å²) in [5, 5.41) is 3.76. The molecule has 0 saturated heterocycles. The van der Waals surface area contributed by atoms with E-state index in [1.807, 2.05) is 30.3 Å². The Bertz CT molecular complexity index is 986. The molecular formula is C21H22N2O3. The lowest BCUT2D eigenvalue weighted by Crippen LogP contribution is -2.20. The lowest BCUT2D eigenvalue weighted by molar-refractivity contribution is -0.118. The van der Waals surface area contributed by atoms with Crippen molar-refractivity contribution in [1.29, 1.82) is 0 Å². The minimum atomic E-state index is -0.262. The number of H-pyrrole nitrogens is 1. The lowest BCUT2D eigenvalue weighted by Gasteiger charge is -2.21. The maximum Gasteiger partial charge on any atom is 0.262 e.